The zero-order valence-corrected chi connectivity index (χ0v) is 16.7. The molecule has 0 saturated heterocycles. The first-order valence-electron chi connectivity index (χ1n) is 8.73. The number of carbonyl (C=O) groups excluding carboxylic acids is 3. The van der Waals surface area contributed by atoms with Crippen molar-refractivity contribution in [1.82, 2.24) is 5.32 Å². The first-order chi connectivity index (χ1) is 13.9. The molecule has 9 heteroatoms. The largest absolute Gasteiger partial charge is 0.495 e. The highest BCUT2D eigenvalue weighted by Crippen LogP contribution is 2.27. The van der Waals surface area contributed by atoms with E-state index in [1.165, 1.54) is 19.2 Å². The van der Waals surface area contributed by atoms with E-state index in [9.17, 15) is 14.4 Å². The number of para-hydroxylation sites is 1. The lowest BCUT2D eigenvalue weighted by molar-refractivity contribution is -0.124. The van der Waals surface area contributed by atoms with Crippen LogP contribution in [0.15, 0.2) is 42.5 Å². The number of hydrogen-bond acceptors (Lipinski definition) is 6. The molecule has 0 aliphatic rings. The fraction of sp³-hybridized carbons (Fsp3) is 0.250. The average Bonchev–Trinajstić information content (AvgIpc) is 2.71. The van der Waals surface area contributed by atoms with E-state index in [2.05, 4.69) is 10.6 Å². The number of benzene rings is 2. The van der Waals surface area contributed by atoms with Crippen molar-refractivity contribution in [3.8, 4) is 11.5 Å². The molecule has 0 spiro atoms. The van der Waals surface area contributed by atoms with Gasteiger partial charge in [-0.2, -0.15) is 0 Å². The number of methoxy groups -OCH3 is 1. The highest BCUT2D eigenvalue weighted by molar-refractivity contribution is 6.32. The van der Waals surface area contributed by atoms with Gasteiger partial charge >= 0.3 is 5.97 Å². The standard InChI is InChI=1S/C20H21ClN2O6/c1-3-22-18(24)11-29-20(26)14-6-4-5-7-16(14)28-12-19(25)23-13-8-9-17(27-2)15(21)10-13/h4-10H,3,11-12H2,1-2H3,(H,22,24)(H,23,25). The lowest BCUT2D eigenvalue weighted by Gasteiger charge is -2.12. The Morgan fingerprint density at radius 2 is 1.76 bits per heavy atom. The van der Waals surface area contributed by atoms with E-state index < -0.39 is 24.4 Å². The second-order valence-electron chi connectivity index (χ2n) is 5.71. The number of carbonyl (C=O) groups is 3. The maximum Gasteiger partial charge on any atom is 0.342 e. The zero-order valence-electron chi connectivity index (χ0n) is 16.0. The second-order valence-corrected chi connectivity index (χ2v) is 6.12. The van der Waals surface area contributed by atoms with Gasteiger partial charge in [0.25, 0.3) is 11.8 Å². The Morgan fingerprint density at radius 1 is 1.00 bits per heavy atom. The van der Waals surface area contributed by atoms with E-state index in [-0.39, 0.29) is 17.9 Å². The van der Waals surface area contributed by atoms with Crippen LogP contribution in [0.4, 0.5) is 5.69 Å². The number of rotatable bonds is 9. The van der Waals surface area contributed by atoms with Gasteiger partial charge in [0.05, 0.1) is 12.1 Å². The number of likely N-dealkylation sites (N-methyl/N-ethyl adjacent to an activating group) is 1. The van der Waals surface area contributed by atoms with E-state index in [0.717, 1.165) is 0 Å². The van der Waals surface area contributed by atoms with Crippen LogP contribution in [0.25, 0.3) is 0 Å². The van der Waals surface area contributed by atoms with Crippen molar-refractivity contribution < 1.29 is 28.6 Å². The van der Waals surface area contributed by atoms with Gasteiger partial charge in [0, 0.05) is 12.2 Å². The fourth-order valence-electron chi connectivity index (χ4n) is 2.30. The van der Waals surface area contributed by atoms with Crippen molar-refractivity contribution in [2.75, 3.05) is 32.2 Å². The topological polar surface area (TPSA) is 103 Å². The van der Waals surface area contributed by atoms with Crippen molar-refractivity contribution >= 4 is 35.1 Å². The van der Waals surface area contributed by atoms with Gasteiger partial charge in [0.2, 0.25) is 0 Å². The molecule has 0 heterocycles. The van der Waals surface area contributed by atoms with Crippen molar-refractivity contribution in [3.05, 3.63) is 53.1 Å². The molecule has 29 heavy (non-hydrogen) atoms. The number of anilines is 1. The van der Waals surface area contributed by atoms with Crippen LogP contribution in [-0.2, 0) is 14.3 Å². The molecule has 0 unspecified atom stereocenters. The lowest BCUT2D eigenvalue weighted by atomic mass is 10.2. The number of amides is 2. The van der Waals surface area contributed by atoms with Crippen molar-refractivity contribution in [1.29, 1.82) is 0 Å². The third-order valence-electron chi connectivity index (χ3n) is 3.61. The van der Waals surface area contributed by atoms with Crippen LogP contribution in [0.2, 0.25) is 5.02 Å². The maximum absolute atomic E-state index is 12.2. The zero-order chi connectivity index (χ0) is 21.2. The minimum absolute atomic E-state index is 0.108. The molecule has 2 rings (SSSR count). The Hall–Kier alpha value is -3.26. The van der Waals surface area contributed by atoms with Crippen LogP contribution in [0, 0.1) is 0 Å². The van der Waals surface area contributed by atoms with E-state index in [1.807, 2.05) is 0 Å². The minimum Gasteiger partial charge on any atom is -0.495 e. The lowest BCUT2D eigenvalue weighted by Crippen LogP contribution is -2.28. The van der Waals surface area contributed by atoms with Crippen molar-refractivity contribution in [2.24, 2.45) is 0 Å². The summed E-state index contributed by atoms with van der Waals surface area (Å²) in [4.78, 5) is 35.8. The fourth-order valence-corrected chi connectivity index (χ4v) is 2.56. The van der Waals surface area contributed by atoms with Gasteiger partial charge in [0.1, 0.15) is 17.1 Å². The molecule has 2 aromatic rings. The molecular formula is C20H21ClN2O6. The van der Waals surface area contributed by atoms with Crippen LogP contribution in [0.5, 0.6) is 11.5 Å². The first-order valence-corrected chi connectivity index (χ1v) is 9.11. The van der Waals surface area contributed by atoms with E-state index >= 15 is 0 Å². The summed E-state index contributed by atoms with van der Waals surface area (Å²) in [5.74, 6) is -0.931. The summed E-state index contributed by atoms with van der Waals surface area (Å²) in [7, 11) is 1.49. The molecule has 0 atom stereocenters. The third kappa shape index (κ3) is 6.69. The van der Waals surface area contributed by atoms with Crippen LogP contribution in [-0.4, -0.2) is 44.7 Å². The molecular weight excluding hydrogens is 400 g/mol. The van der Waals surface area contributed by atoms with Gasteiger partial charge in [-0.25, -0.2) is 4.79 Å². The minimum atomic E-state index is -0.728. The predicted octanol–water partition coefficient (Wildman–Crippen LogP) is 2.66. The summed E-state index contributed by atoms with van der Waals surface area (Å²) in [6.45, 7) is 1.45. The molecule has 0 fully saturated rings. The Balaban J connectivity index is 1.95. The molecule has 0 saturated carbocycles. The van der Waals surface area contributed by atoms with Gasteiger partial charge in [-0.05, 0) is 37.3 Å². The molecule has 0 radical (unpaired) electrons. The van der Waals surface area contributed by atoms with E-state index in [4.69, 9.17) is 25.8 Å². The molecule has 0 bridgehead atoms. The van der Waals surface area contributed by atoms with Gasteiger partial charge in [0.15, 0.2) is 13.2 Å². The van der Waals surface area contributed by atoms with Crippen LogP contribution >= 0.6 is 11.6 Å². The van der Waals surface area contributed by atoms with Crippen molar-refractivity contribution in [3.63, 3.8) is 0 Å². The number of nitrogens with one attached hydrogen (secondary N) is 2. The number of hydrogen-bond donors (Lipinski definition) is 2. The summed E-state index contributed by atoms with van der Waals surface area (Å²) in [5, 5.41) is 5.51. The van der Waals surface area contributed by atoms with Gasteiger partial charge in [-0.3, -0.25) is 9.59 Å². The Bertz CT molecular complexity index is 887. The van der Waals surface area contributed by atoms with Gasteiger partial charge in [-0.1, -0.05) is 23.7 Å². The Kier molecular flexibility index (Phi) is 8.29. The summed E-state index contributed by atoms with van der Waals surface area (Å²) in [6, 6.07) is 11.1. The van der Waals surface area contributed by atoms with Crippen LogP contribution in [0.3, 0.4) is 0 Å². The molecule has 0 aliphatic carbocycles. The first kappa shape index (κ1) is 22.0. The SMILES string of the molecule is CCNC(=O)COC(=O)c1ccccc1OCC(=O)Nc1ccc(OC)c(Cl)c1. The molecule has 0 aliphatic heterocycles. The highest BCUT2D eigenvalue weighted by atomic mass is 35.5. The smallest absolute Gasteiger partial charge is 0.342 e. The highest BCUT2D eigenvalue weighted by Gasteiger charge is 2.16. The Labute approximate surface area is 173 Å². The van der Waals surface area contributed by atoms with E-state index in [1.54, 1.807) is 37.3 Å². The quantitative estimate of drug-likeness (QED) is 0.604. The number of esters is 1. The normalized spacial score (nSPS) is 10.0. The number of halogens is 1. The van der Waals surface area contributed by atoms with Gasteiger partial charge in [-0.15, -0.1) is 0 Å². The van der Waals surface area contributed by atoms with E-state index in [0.29, 0.717) is 23.0 Å². The monoisotopic (exact) mass is 420 g/mol. The second kappa shape index (κ2) is 10.9. The van der Waals surface area contributed by atoms with Crippen LogP contribution in [0.1, 0.15) is 17.3 Å². The third-order valence-corrected chi connectivity index (χ3v) is 3.90. The molecule has 8 nitrogen and oxygen atoms in total. The summed E-state index contributed by atoms with van der Waals surface area (Å²) in [6.07, 6.45) is 0. The predicted molar refractivity (Wildman–Crippen MR) is 108 cm³/mol. The summed E-state index contributed by atoms with van der Waals surface area (Å²) >= 11 is 6.03. The molecule has 0 aromatic heterocycles. The molecule has 2 aromatic carbocycles. The summed E-state index contributed by atoms with van der Waals surface area (Å²) < 4.78 is 15.5. The molecule has 2 amide bonds. The molecule has 154 valence electrons. The van der Waals surface area contributed by atoms with Crippen molar-refractivity contribution in [2.45, 2.75) is 6.92 Å². The molecule has 2 N–H and O–H groups in total. The maximum atomic E-state index is 12.2. The Morgan fingerprint density at radius 3 is 2.45 bits per heavy atom. The van der Waals surface area contributed by atoms with Crippen LogP contribution < -0.4 is 20.1 Å². The van der Waals surface area contributed by atoms with Gasteiger partial charge < -0.3 is 24.8 Å². The average molecular weight is 421 g/mol. The number of ether oxygens (including phenoxy) is 3. The summed E-state index contributed by atoms with van der Waals surface area (Å²) in [5.41, 5.74) is 0.580.